The molecule has 1 aromatic heterocycles. The highest BCUT2D eigenvalue weighted by Crippen LogP contribution is 2.35. The molecule has 0 unspecified atom stereocenters. The molecule has 4 nitrogen and oxygen atoms in total. The lowest BCUT2D eigenvalue weighted by atomic mass is 10.1. The van der Waals surface area contributed by atoms with Crippen molar-refractivity contribution in [3.8, 4) is 0 Å². The van der Waals surface area contributed by atoms with E-state index in [2.05, 4.69) is 17.4 Å². The van der Waals surface area contributed by atoms with Crippen LogP contribution in [0.5, 0.6) is 0 Å². The maximum Gasteiger partial charge on any atom is 0.337 e. The van der Waals surface area contributed by atoms with E-state index in [-0.39, 0.29) is 18.4 Å². The van der Waals surface area contributed by atoms with Gasteiger partial charge in [0.05, 0.1) is 23.9 Å². The molecule has 128 valence electrons. The van der Waals surface area contributed by atoms with Crippen molar-refractivity contribution in [1.82, 2.24) is 4.98 Å². The number of pyridine rings is 1. The number of benzene rings is 2. The third-order valence-corrected chi connectivity index (χ3v) is 4.49. The van der Waals surface area contributed by atoms with E-state index < -0.39 is 0 Å². The molecule has 4 rings (SSSR count). The Morgan fingerprint density at radius 3 is 2.60 bits per heavy atom. The standard InChI is InChI=1S/C20H18N2O2.ClH/c1-24-20(23)13-9-11-14(12-10-13)21-19-15-5-2-3-7-17(15)22-18-8-4-6-16(18)19;/h2-3,5,7,9-12H,4,6,8H2,1H3,(H,21,22);1H. The molecule has 1 heterocycles. The number of fused-ring (bicyclic) bond motifs is 2. The quantitative estimate of drug-likeness (QED) is 0.694. The number of carbonyl (C=O) groups is 1. The van der Waals surface area contributed by atoms with E-state index in [1.165, 1.54) is 18.4 Å². The molecule has 0 atom stereocenters. The van der Waals surface area contributed by atoms with E-state index in [0.29, 0.717) is 5.56 Å². The average molecular weight is 355 g/mol. The average Bonchev–Trinajstić information content (AvgIpc) is 3.10. The van der Waals surface area contributed by atoms with Crippen LogP contribution >= 0.6 is 12.4 Å². The molecule has 3 aromatic rings. The molecule has 25 heavy (non-hydrogen) atoms. The highest BCUT2D eigenvalue weighted by Gasteiger charge is 2.19. The van der Waals surface area contributed by atoms with Gasteiger partial charge in [0.15, 0.2) is 0 Å². The summed E-state index contributed by atoms with van der Waals surface area (Å²) in [5.74, 6) is -0.322. The third-order valence-electron chi connectivity index (χ3n) is 4.49. The van der Waals surface area contributed by atoms with E-state index >= 15 is 0 Å². The molecule has 0 saturated heterocycles. The first kappa shape index (κ1) is 17.2. The normalized spacial score (nSPS) is 12.4. The molecule has 0 amide bonds. The monoisotopic (exact) mass is 354 g/mol. The van der Waals surface area contributed by atoms with Crippen molar-refractivity contribution >= 4 is 40.7 Å². The number of carbonyl (C=O) groups excluding carboxylic acids is 1. The van der Waals surface area contributed by atoms with Crippen molar-refractivity contribution in [3.05, 3.63) is 65.4 Å². The van der Waals surface area contributed by atoms with Gasteiger partial charge in [0.25, 0.3) is 0 Å². The summed E-state index contributed by atoms with van der Waals surface area (Å²) >= 11 is 0. The third kappa shape index (κ3) is 3.17. The van der Waals surface area contributed by atoms with Gasteiger partial charge in [-0.15, -0.1) is 12.4 Å². The van der Waals surface area contributed by atoms with Crippen LogP contribution in [-0.2, 0) is 17.6 Å². The molecule has 1 aliphatic rings. The highest BCUT2D eigenvalue weighted by atomic mass is 35.5. The van der Waals surface area contributed by atoms with E-state index in [0.717, 1.165) is 41.5 Å². The summed E-state index contributed by atoms with van der Waals surface area (Å²) < 4.78 is 4.74. The number of aromatic nitrogens is 1. The molecule has 0 spiro atoms. The Balaban J connectivity index is 0.00000182. The van der Waals surface area contributed by atoms with Gasteiger partial charge in [-0.05, 0) is 55.2 Å². The number of nitrogens with zero attached hydrogens (tertiary/aromatic N) is 1. The predicted molar refractivity (Wildman–Crippen MR) is 102 cm³/mol. The molecule has 0 radical (unpaired) electrons. The van der Waals surface area contributed by atoms with E-state index in [9.17, 15) is 4.79 Å². The summed E-state index contributed by atoms with van der Waals surface area (Å²) in [4.78, 5) is 16.4. The van der Waals surface area contributed by atoms with E-state index in [1.54, 1.807) is 12.1 Å². The van der Waals surface area contributed by atoms with E-state index in [4.69, 9.17) is 9.72 Å². The van der Waals surface area contributed by atoms with Crippen molar-refractivity contribution in [2.24, 2.45) is 0 Å². The molecule has 1 aliphatic carbocycles. The molecular formula is C20H19ClN2O2. The molecule has 0 fully saturated rings. The Bertz CT molecular complexity index is 923. The van der Waals surface area contributed by atoms with Crippen molar-refractivity contribution in [2.45, 2.75) is 19.3 Å². The summed E-state index contributed by atoms with van der Waals surface area (Å²) in [6.07, 6.45) is 3.24. The predicted octanol–water partition coefficient (Wildman–Crippen LogP) is 4.68. The lowest BCUT2D eigenvalue weighted by Gasteiger charge is -2.15. The van der Waals surface area contributed by atoms with Gasteiger partial charge < -0.3 is 10.1 Å². The van der Waals surface area contributed by atoms with Crippen LogP contribution in [0.4, 0.5) is 11.4 Å². The maximum absolute atomic E-state index is 11.6. The minimum atomic E-state index is -0.322. The maximum atomic E-state index is 11.6. The fourth-order valence-corrected chi connectivity index (χ4v) is 3.31. The SMILES string of the molecule is COC(=O)c1ccc(Nc2c3c(nc4ccccc24)CCC3)cc1.Cl. The number of para-hydroxylation sites is 1. The summed E-state index contributed by atoms with van der Waals surface area (Å²) in [7, 11) is 1.39. The number of hydrogen-bond donors (Lipinski definition) is 1. The number of rotatable bonds is 3. The zero-order valence-corrected chi connectivity index (χ0v) is 14.7. The Labute approximate surface area is 152 Å². The van der Waals surface area contributed by atoms with Crippen LogP contribution < -0.4 is 5.32 Å². The molecule has 0 saturated carbocycles. The molecule has 5 heteroatoms. The molecule has 0 aliphatic heterocycles. The Kier molecular flexibility index (Phi) is 4.91. The fourth-order valence-electron chi connectivity index (χ4n) is 3.31. The van der Waals surface area contributed by atoms with Gasteiger partial charge in [-0.25, -0.2) is 4.79 Å². The Hall–Kier alpha value is -2.59. The number of nitrogens with one attached hydrogen (secondary N) is 1. The van der Waals surface area contributed by atoms with Gasteiger partial charge in [-0.2, -0.15) is 0 Å². The molecule has 1 N–H and O–H groups in total. The van der Waals surface area contributed by atoms with Gasteiger partial charge in [0, 0.05) is 16.8 Å². The zero-order valence-electron chi connectivity index (χ0n) is 13.9. The van der Waals surface area contributed by atoms with Crippen LogP contribution in [0.25, 0.3) is 10.9 Å². The van der Waals surface area contributed by atoms with Gasteiger partial charge >= 0.3 is 5.97 Å². The van der Waals surface area contributed by atoms with Crippen LogP contribution in [0.15, 0.2) is 48.5 Å². The van der Waals surface area contributed by atoms with Crippen LogP contribution in [-0.4, -0.2) is 18.1 Å². The van der Waals surface area contributed by atoms with Crippen molar-refractivity contribution in [2.75, 3.05) is 12.4 Å². The summed E-state index contributed by atoms with van der Waals surface area (Å²) in [6, 6.07) is 15.6. The van der Waals surface area contributed by atoms with Crippen LogP contribution in [0.2, 0.25) is 0 Å². The van der Waals surface area contributed by atoms with Gasteiger partial charge in [-0.3, -0.25) is 4.98 Å². The summed E-state index contributed by atoms with van der Waals surface area (Å²) in [6.45, 7) is 0. The second-order valence-electron chi connectivity index (χ2n) is 5.98. The van der Waals surface area contributed by atoms with Crippen molar-refractivity contribution in [1.29, 1.82) is 0 Å². The lowest BCUT2D eigenvalue weighted by Crippen LogP contribution is -2.02. The van der Waals surface area contributed by atoms with Gasteiger partial charge in [0.1, 0.15) is 0 Å². The number of methoxy groups -OCH3 is 1. The minimum Gasteiger partial charge on any atom is -0.465 e. The van der Waals surface area contributed by atoms with E-state index in [1.807, 2.05) is 24.3 Å². The van der Waals surface area contributed by atoms with Crippen molar-refractivity contribution < 1.29 is 9.53 Å². The summed E-state index contributed by atoms with van der Waals surface area (Å²) in [5.41, 5.74) is 6.17. The Morgan fingerprint density at radius 1 is 1.08 bits per heavy atom. The first-order chi connectivity index (χ1) is 11.8. The van der Waals surface area contributed by atoms with Crippen molar-refractivity contribution in [3.63, 3.8) is 0 Å². The first-order valence-electron chi connectivity index (χ1n) is 8.12. The fraction of sp³-hybridized carbons (Fsp3) is 0.200. The second-order valence-corrected chi connectivity index (χ2v) is 5.98. The molecular weight excluding hydrogens is 336 g/mol. The topological polar surface area (TPSA) is 51.2 Å². The van der Waals surface area contributed by atoms with Gasteiger partial charge in [-0.1, -0.05) is 18.2 Å². The Morgan fingerprint density at radius 2 is 1.84 bits per heavy atom. The summed E-state index contributed by atoms with van der Waals surface area (Å²) in [5, 5.41) is 4.67. The number of aryl methyl sites for hydroxylation is 1. The number of anilines is 2. The second kappa shape index (κ2) is 7.11. The smallest absolute Gasteiger partial charge is 0.337 e. The number of hydrogen-bond acceptors (Lipinski definition) is 4. The minimum absolute atomic E-state index is 0. The highest BCUT2D eigenvalue weighted by molar-refractivity contribution is 5.96. The van der Waals surface area contributed by atoms with Crippen LogP contribution in [0, 0.1) is 0 Å². The number of esters is 1. The number of ether oxygens (including phenoxy) is 1. The van der Waals surface area contributed by atoms with Crippen LogP contribution in [0.3, 0.4) is 0 Å². The molecule has 0 bridgehead atoms. The zero-order chi connectivity index (χ0) is 16.5. The lowest BCUT2D eigenvalue weighted by molar-refractivity contribution is 0.0601. The van der Waals surface area contributed by atoms with Gasteiger partial charge in [0.2, 0.25) is 0 Å². The van der Waals surface area contributed by atoms with Crippen LogP contribution in [0.1, 0.15) is 28.0 Å². The number of halogens is 1. The first-order valence-corrected chi connectivity index (χ1v) is 8.12. The molecule has 2 aromatic carbocycles. The largest absolute Gasteiger partial charge is 0.465 e.